The highest BCUT2D eigenvalue weighted by atomic mass is 32.1. The van der Waals surface area contributed by atoms with Crippen molar-refractivity contribution < 1.29 is 18.3 Å². The molecule has 0 aliphatic carbocycles. The molecule has 6 aromatic rings. The third kappa shape index (κ3) is 7.14. The summed E-state index contributed by atoms with van der Waals surface area (Å²) in [5, 5.41) is 7.89. The van der Waals surface area contributed by atoms with Gasteiger partial charge in [0.25, 0.3) is 5.91 Å². The largest absolute Gasteiger partial charge is 0.385 e. The van der Waals surface area contributed by atoms with Crippen molar-refractivity contribution in [2.24, 2.45) is 0 Å². The fraction of sp³-hybridized carbons (Fsp3) is 0.222. The van der Waals surface area contributed by atoms with Crippen molar-refractivity contribution in [2.45, 2.75) is 6.42 Å². The normalized spacial score (nSPS) is 13.6. The fourth-order valence-corrected chi connectivity index (χ4v) is 6.70. The van der Waals surface area contributed by atoms with Crippen LogP contribution in [0.1, 0.15) is 16.8 Å². The van der Waals surface area contributed by atoms with Gasteiger partial charge in [0.1, 0.15) is 22.9 Å². The smallest absolute Gasteiger partial charge is 0.261 e. The van der Waals surface area contributed by atoms with Crippen molar-refractivity contribution >= 4 is 45.2 Å². The zero-order chi connectivity index (χ0) is 33.7. The van der Waals surface area contributed by atoms with Crippen LogP contribution in [0, 0.1) is 11.6 Å². The van der Waals surface area contributed by atoms with Crippen LogP contribution in [-0.2, 0) is 4.74 Å². The first kappa shape index (κ1) is 32.3. The number of nitrogens with one attached hydrogen (secondary N) is 2. The lowest BCUT2D eigenvalue weighted by Crippen LogP contribution is -2.46. The zero-order valence-corrected chi connectivity index (χ0v) is 27.6. The number of hydrogen-bond acceptors (Lipinski definition) is 9. The Hall–Kier alpha value is -5.24. The van der Waals surface area contributed by atoms with Crippen LogP contribution in [0.3, 0.4) is 0 Å². The van der Waals surface area contributed by atoms with E-state index >= 15 is 0 Å². The van der Waals surface area contributed by atoms with Crippen molar-refractivity contribution in [3.63, 3.8) is 0 Å². The van der Waals surface area contributed by atoms with E-state index in [9.17, 15) is 13.6 Å². The Kier molecular flexibility index (Phi) is 9.55. The maximum Gasteiger partial charge on any atom is 0.261 e. The number of imidazole rings is 1. The molecule has 0 unspecified atom stereocenters. The molecule has 1 aliphatic rings. The Morgan fingerprint density at radius 3 is 2.49 bits per heavy atom. The number of carbonyl (C=O) groups excluding carboxylic acids is 1. The summed E-state index contributed by atoms with van der Waals surface area (Å²) < 4.78 is 35.6. The number of methoxy groups -OCH3 is 1. The van der Waals surface area contributed by atoms with E-state index in [1.54, 1.807) is 31.5 Å². The minimum atomic E-state index is -0.933. The van der Waals surface area contributed by atoms with Crippen LogP contribution in [0.4, 0.5) is 31.8 Å². The summed E-state index contributed by atoms with van der Waals surface area (Å²) in [6.45, 7) is 5.88. The van der Waals surface area contributed by atoms with E-state index in [1.165, 1.54) is 23.1 Å². The quantitative estimate of drug-likeness (QED) is 0.142. The molecule has 1 saturated heterocycles. The van der Waals surface area contributed by atoms with E-state index in [0.29, 0.717) is 28.6 Å². The third-order valence-corrected chi connectivity index (χ3v) is 9.18. The van der Waals surface area contributed by atoms with E-state index in [0.717, 1.165) is 74.2 Å². The van der Waals surface area contributed by atoms with Gasteiger partial charge in [-0.15, -0.1) is 11.3 Å². The predicted octanol–water partition coefficient (Wildman–Crippen LogP) is 6.95. The lowest BCUT2D eigenvalue weighted by Gasteiger charge is -2.36. The van der Waals surface area contributed by atoms with Crippen molar-refractivity contribution in [2.75, 3.05) is 62.0 Å². The summed E-state index contributed by atoms with van der Waals surface area (Å²) in [5.41, 5.74) is 4.47. The summed E-state index contributed by atoms with van der Waals surface area (Å²) in [5.74, 6) is -2.32. The Bertz CT molecular complexity index is 2060. The van der Waals surface area contributed by atoms with Gasteiger partial charge in [0, 0.05) is 86.8 Å². The van der Waals surface area contributed by atoms with Crippen LogP contribution in [-0.4, -0.2) is 76.6 Å². The van der Waals surface area contributed by atoms with Gasteiger partial charge in [-0.1, -0.05) is 18.2 Å². The molecule has 0 saturated carbocycles. The van der Waals surface area contributed by atoms with Gasteiger partial charge in [0.2, 0.25) is 5.95 Å². The first-order chi connectivity index (χ1) is 24.0. The molecular formula is C36H34F2N8O2S. The van der Waals surface area contributed by atoms with E-state index in [4.69, 9.17) is 14.7 Å². The van der Waals surface area contributed by atoms with Gasteiger partial charge in [0.15, 0.2) is 4.96 Å². The highest BCUT2D eigenvalue weighted by Crippen LogP contribution is 2.35. The molecule has 7 rings (SSSR count). The van der Waals surface area contributed by atoms with Crippen LogP contribution in [0.2, 0.25) is 0 Å². The van der Waals surface area contributed by atoms with Crippen LogP contribution >= 0.6 is 11.3 Å². The number of hydrogen-bond donors (Lipinski definition) is 2. The standard InChI is InChI=1S/C36H34F2N8O2S/c1-48-21-4-15-44-16-18-45(19-17-44)27-11-9-25(10-12-27)41-35-39-14-13-30(42-35)33-32(43-36-46(33)20-22-49-36)24-5-2-6-26(23-24)40-34(47)31-28(37)7-3-8-29(31)38/h2-3,5-14,20,22-23H,4,15-19,21H2,1H3,(H,40,47)(H,39,41,42). The average Bonchev–Trinajstić information content (AvgIpc) is 3.71. The molecule has 3 aromatic heterocycles. The predicted molar refractivity (Wildman–Crippen MR) is 189 cm³/mol. The number of carbonyl (C=O) groups is 1. The van der Waals surface area contributed by atoms with E-state index in [2.05, 4.69) is 37.6 Å². The maximum absolute atomic E-state index is 14.3. The van der Waals surface area contributed by atoms with Crippen molar-refractivity contribution in [1.82, 2.24) is 24.3 Å². The average molecular weight is 681 g/mol. The molecule has 4 heterocycles. The minimum Gasteiger partial charge on any atom is -0.385 e. The second kappa shape index (κ2) is 14.5. The van der Waals surface area contributed by atoms with Crippen molar-refractivity contribution in [1.29, 1.82) is 0 Å². The molecule has 10 nitrogen and oxygen atoms in total. The molecule has 13 heteroatoms. The molecular weight excluding hydrogens is 647 g/mol. The topological polar surface area (TPSA) is 99.9 Å². The second-order valence-corrected chi connectivity index (χ2v) is 12.5. The van der Waals surface area contributed by atoms with Crippen LogP contribution < -0.4 is 15.5 Å². The van der Waals surface area contributed by atoms with E-state index < -0.39 is 23.1 Å². The first-order valence-electron chi connectivity index (χ1n) is 15.9. The lowest BCUT2D eigenvalue weighted by molar-refractivity contribution is 0.101. The molecule has 0 bridgehead atoms. The van der Waals surface area contributed by atoms with Gasteiger partial charge in [-0.25, -0.2) is 23.7 Å². The van der Waals surface area contributed by atoms with Gasteiger partial charge in [-0.3, -0.25) is 14.1 Å². The summed E-state index contributed by atoms with van der Waals surface area (Å²) >= 11 is 1.48. The Labute approximate surface area is 286 Å². The molecule has 49 heavy (non-hydrogen) atoms. The van der Waals surface area contributed by atoms with E-state index in [-0.39, 0.29) is 0 Å². The summed E-state index contributed by atoms with van der Waals surface area (Å²) in [4.78, 5) is 32.6. The van der Waals surface area contributed by atoms with Gasteiger partial charge >= 0.3 is 0 Å². The molecule has 1 amide bonds. The SMILES string of the molecule is COCCCN1CCN(c2ccc(Nc3nccc(-c4c(-c5cccc(NC(=O)c6c(F)cccc6F)c5)nc5sccn45)n3)cc2)CC1. The highest BCUT2D eigenvalue weighted by molar-refractivity contribution is 7.15. The van der Waals surface area contributed by atoms with Gasteiger partial charge in [0.05, 0.1) is 11.4 Å². The molecule has 2 N–H and O–H groups in total. The second-order valence-electron chi connectivity index (χ2n) is 11.6. The summed E-state index contributed by atoms with van der Waals surface area (Å²) in [7, 11) is 1.74. The molecule has 0 atom stereocenters. The first-order valence-corrected chi connectivity index (χ1v) is 16.8. The number of fused-ring (bicyclic) bond motifs is 1. The number of rotatable bonds is 11. The highest BCUT2D eigenvalue weighted by Gasteiger charge is 2.21. The number of thiazole rings is 1. The number of piperazine rings is 1. The minimum absolute atomic E-state index is 0.366. The zero-order valence-electron chi connectivity index (χ0n) is 26.8. The van der Waals surface area contributed by atoms with Gasteiger partial charge in [-0.2, -0.15) is 0 Å². The van der Waals surface area contributed by atoms with Gasteiger partial charge in [-0.05, 0) is 61.0 Å². The number of benzene rings is 3. The van der Waals surface area contributed by atoms with Crippen LogP contribution in [0.25, 0.3) is 27.6 Å². The number of amides is 1. The van der Waals surface area contributed by atoms with Gasteiger partial charge < -0.3 is 20.3 Å². The molecule has 0 spiro atoms. The number of nitrogens with zero attached hydrogens (tertiary/aromatic N) is 6. The Morgan fingerprint density at radius 1 is 0.939 bits per heavy atom. The number of halogens is 2. The number of aromatic nitrogens is 4. The Balaban J connectivity index is 1.09. The molecule has 1 fully saturated rings. The van der Waals surface area contributed by atoms with E-state index in [1.807, 2.05) is 40.2 Å². The maximum atomic E-state index is 14.3. The lowest BCUT2D eigenvalue weighted by atomic mass is 10.1. The fourth-order valence-electron chi connectivity index (χ4n) is 5.98. The number of anilines is 4. The number of ether oxygens (including phenoxy) is 1. The van der Waals surface area contributed by atoms with Crippen molar-refractivity contribution in [3.05, 3.63) is 108 Å². The third-order valence-electron chi connectivity index (χ3n) is 8.43. The molecule has 1 aliphatic heterocycles. The van der Waals surface area contributed by atoms with Crippen LogP contribution in [0.15, 0.2) is 90.6 Å². The monoisotopic (exact) mass is 680 g/mol. The molecule has 0 radical (unpaired) electrons. The summed E-state index contributed by atoms with van der Waals surface area (Å²) in [6.07, 6.45) is 4.67. The van der Waals surface area contributed by atoms with Crippen LogP contribution in [0.5, 0.6) is 0 Å². The summed E-state index contributed by atoms with van der Waals surface area (Å²) in [6, 6.07) is 20.4. The Morgan fingerprint density at radius 2 is 1.71 bits per heavy atom. The molecule has 3 aromatic carbocycles. The van der Waals surface area contributed by atoms with Crippen molar-refractivity contribution in [3.8, 4) is 22.6 Å². The molecule has 250 valence electrons.